The van der Waals surface area contributed by atoms with Gasteiger partial charge in [0, 0.05) is 12.1 Å². The quantitative estimate of drug-likeness (QED) is 0.153. The van der Waals surface area contributed by atoms with E-state index in [1.54, 1.807) is 7.05 Å². The molecule has 0 bridgehead atoms. The van der Waals surface area contributed by atoms with E-state index in [9.17, 15) is 40.9 Å². The zero-order chi connectivity index (χ0) is 26.5. The highest BCUT2D eigenvalue weighted by Gasteiger charge is 2.67. The standard InChI is InChI=1S/C20H37N3O13/c1-23-7-2-5(21)9(26)15(10(7)27)33-19-17-16(11(28)8(4-25)32-19)35-20(36-17)18(31)13(30)12(29)14(34-20)6(22)3-24/h5-19,23-31H,2-4,21-22H2,1H3/t5-,6+,7+,8-,9+,10-,11?,12-,13-,14+,15-,16+,17-,18-,19+,20-/m1/s1. The molecule has 3 heterocycles. The van der Waals surface area contributed by atoms with Crippen molar-refractivity contribution < 1.29 is 64.5 Å². The van der Waals surface area contributed by atoms with Crippen LogP contribution in [0.15, 0.2) is 0 Å². The van der Waals surface area contributed by atoms with Gasteiger partial charge in [-0.3, -0.25) is 0 Å². The summed E-state index contributed by atoms with van der Waals surface area (Å²) in [5, 5.41) is 85.6. The molecule has 0 radical (unpaired) electrons. The Hall–Kier alpha value is -0.640. The number of ether oxygens (including phenoxy) is 5. The number of nitrogens with two attached hydrogens (primary N) is 2. The minimum absolute atomic E-state index is 0.254. The first-order valence-corrected chi connectivity index (χ1v) is 11.8. The Morgan fingerprint density at radius 3 is 2.22 bits per heavy atom. The second-order valence-corrected chi connectivity index (χ2v) is 9.72. The molecule has 4 rings (SSSR count). The lowest BCUT2D eigenvalue weighted by molar-refractivity contribution is -0.439. The largest absolute Gasteiger partial charge is 0.395 e. The molecule has 13 N–H and O–H groups in total. The first kappa shape index (κ1) is 28.4. The van der Waals surface area contributed by atoms with Crippen molar-refractivity contribution in [2.24, 2.45) is 11.5 Å². The van der Waals surface area contributed by atoms with Crippen molar-refractivity contribution in [3.05, 3.63) is 0 Å². The first-order chi connectivity index (χ1) is 17.0. The monoisotopic (exact) mass is 527 g/mol. The molecule has 210 valence electrons. The van der Waals surface area contributed by atoms with Crippen LogP contribution in [0, 0.1) is 0 Å². The fourth-order valence-corrected chi connectivity index (χ4v) is 5.23. The maximum Gasteiger partial charge on any atom is 0.314 e. The summed E-state index contributed by atoms with van der Waals surface area (Å²) < 4.78 is 28.7. The van der Waals surface area contributed by atoms with Gasteiger partial charge in [0.1, 0.15) is 48.8 Å². The summed E-state index contributed by atoms with van der Waals surface area (Å²) in [4.78, 5) is 0. The van der Waals surface area contributed by atoms with Crippen molar-refractivity contribution in [1.82, 2.24) is 5.32 Å². The molecule has 1 aliphatic carbocycles. The molecule has 4 aliphatic rings. The second kappa shape index (κ2) is 10.9. The van der Waals surface area contributed by atoms with E-state index in [2.05, 4.69) is 5.32 Å². The molecule has 16 heteroatoms. The van der Waals surface area contributed by atoms with Gasteiger partial charge in [0.05, 0.1) is 31.5 Å². The van der Waals surface area contributed by atoms with Gasteiger partial charge in [-0.1, -0.05) is 0 Å². The van der Waals surface area contributed by atoms with Crippen LogP contribution in [0.5, 0.6) is 0 Å². The number of nitrogens with one attached hydrogen (secondary N) is 1. The number of aliphatic hydroxyl groups excluding tert-OH is 8. The Bertz CT molecular complexity index is 756. The molecule has 0 amide bonds. The van der Waals surface area contributed by atoms with Crippen LogP contribution >= 0.6 is 0 Å². The van der Waals surface area contributed by atoms with Crippen LogP contribution in [-0.4, -0.2) is 159 Å². The van der Waals surface area contributed by atoms with Gasteiger partial charge < -0.3 is 81.3 Å². The summed E-state index contributed by atoms with van der Waals surface area (Å²) in [5.41, 5.74) is 11.8. The van der Waals surface area contributed by atoms with Crippen LogP contribution < -0.4 is 16.8 Å². The third kappa shape index (κ3) is 4.68. The molecule has 3 aliphatic heterocycles. The summed E-state index contributed by atoms with van der Waals surface area (Å²) in [5.74, 6) is -2.48. The van der Waals surface area contributed by atoms with E-state index in [-0.39, 0.29) is 6.42 Å². The number of hydrogen-bond acceptors (Lipinski definition) is 16. The van der Waals surface area contributed by atoms with E-state index in [0.29, 0.717) is 0 Å². The molecule has 0 aromatic heterocycles. The van der Waals surface area contributed by atoms with E-state index in [1.807, 2.05) is 0 Å². The highest BCUT2D eigenvalue weighted by atomic mass is 16.9. The molecular weight excluding hydrogens is 490 g/mol. The summed E-state index contributed by atoms with van der Waals surface area (Å²) >= 11 is 0. The molecule has 1 unspecified atom stereocenters. The fraction of sp³-hybridized carbons (Fsp3) is 1.00. The van der Waals surface area contributed by atoms with Crippen molar-refractivity contribution in [2.75, 3.05) is 20.3 Å². The second-order valence-electron chi connectivity index (χ2n) is 9.72. The zero-order valence-corrected chi connectivity index (χ0v) is 19.6. The number of aliphatic hydroxyl groups is 8. The Kier molecular flexibility index (Phi) is 8.55. The molecule has 4 fully saturated rings. The van der Waals surface area contributed by atoms with Gasteiger partial charge in [0.2, 0.25) is 0 Å². The van der Waals surface area contributed by atoms with Crippen LogP contribution in [0.4, 0.5) is 0 Å². The molecular formula is C20H37N3O13. The van der Waals surface area contributed by atoms with Gasteiger partial charge in [0.15, 0.2) is 12.4 Å². The van der Waals surface area contributed by atoms with Gasteiger partial charge in [-0.05, 0) is 13.5 Å². The third-order valence-electron chi connectivity index (χ3n) is 7.42. The lowest BCUT2D eigenvalue weighted by atomic mass is 9.84. The third-order valence-corrected chi connectivity index (χ3v) is 7.42. The van der Waals surface area contributed by atoms with Gasteiger partial charge >= 0.3 is 5.97 Å². The zero-order valence-electron chi connectivity index (χ0n) is 19.6. The molecule has 0 aromatic rings. The molecule has 16 nitrogen and oxygen atoms in total. The van der Waals surface area contributed by atoms with Crippen LogP contribution in [0.2, 0.25) is 0 Å². The van der Waals surface area contributed by atoms with Gasteiger partial charge in [-0.2, -0.15) is 0 Å². The van der Waals surface area contributed by atoms with Crippen molar-refractivity contribution in [3.8, 4) is 0 Å². The predicted molar refractivity (Wildman–Crippen MR) is 115 cm³/mol. The number of fused-ring (bicyclic) bond motifs is 1. The summed E-state index contributed by atoms with van der Waals surface area (Å²) in [6.07, 6.45) is -17.7. The van der Waals surface area contributed by atoms with Crippen LogP contribution in [0.25, 0.3) is 0 Å². The summed E-state index contributed by atoms with van der Waals surface area (Å²) in [7, 11) is 1.60. The smallest absolute Gasteiger partial charge is 0.314 e. The van der Waals surface area contributed by atoms with Gasteiger partial charge in [0.25, 0.3) is 0 Å². The average molecular weight is 528 g/mol. The van der Waals surface area contributed by atoms with E-state index < -0.39 is 111 Å². The lowest BCUT2D eigenvalue weighted by Crippen LogP contribution is -2.69. The van der Waals surface area contributed by atoms with Crippen molar-refractivity contribution in [2.45, 2.75) is 104 Å². The Balaban J connectivity index is 1.62. The van der Waals surface area contributed by atoms with Crippen LogP contribution in [0.1, 0.15) is 6.42 Å². The maximum atomic E-state index is 10.7. The first-order valence-electron chi connectivity index (χ1n) is 11.8. The normalized spacial score (nSPS) is 54.4. The number of rotatable bonds is 6. The average Bonchev–Trinajstić information content (AvgIpc) is 3.27. The van der Waals surface area contributed by atoms with Crippen LogP contribution in [-0.2, 0) is 23.7 Å². The summed E-state index contributed by atoms with van der Waals surface area (Å²) in [6, 6.07) is -2.50. The number of hydrogen-bond donors (Lipinski definition) is 11. The highest BCUT2D eigenvalue weighted by molar-refractivity contribution is 5.05. The van der Waals surface area contributed by atoms with E-state index in [4.69, 9.17) is 35.2 Å². The highest BCUT2D eigenvalue weighted by Crippen LogP contribution is 2.45. The Morgan fingerprint density at radius 1 is 0.944 bits per heavy atom. The van der Waals surface area contributed by atoms with Gasteiger partial charge in [-0.25, -0.2) is 0 Å². The summed E-state index contributed by atoms with van der Waals surface area (Å²) in [6.45, 7) is -1.33. The molecule has 3 saturated heterocycles. The minimum Gasteiger partial charge on any atom is -0.395 e. The molecule has 0 aromatic carbocycles. The van der Waals surface area contributed by atoms with E-state index >= 15 is 0 Å². The van der Waals surface area contributed by atoms with Crippen molar-refractivity contribution >= 4 is 0 Å². The van der Waals surface area contributed by atoms with Crippen molar-refractivity contribution in [1.29, 1.82) is 0 Å². The van der Waals surface area contributed by atoms with Crippen LogP contribution in [0.3, 0.4) is 0 Å². The Morgan fingerprint density at radius 2 is 1.61 bits per heavy atom. The topological polar surface area (TPSA) is 272 Å². The molecule has 36 heavy (non-hydrogen) atoms. The SMILES string of the molecule is CN[C@H]1C[C@@H](N)[C@H](O)[C@@H](O[C@@H]2O[C@H](CO)C(O)[C@@H]3O[C@@]4(O[C@@H]([C@@H](N)CO)[C@H](O)[C@@H](O)[C@H]4O)O[C@@H]23)[C@@H]1O. The van der Waals surface area contributed by atoms with E-state index in [0.717, 1.165) is 0 Å². The van der Waals surface area contributed by atoms with Crippen molar-refractivity contribution in [3.63, 3.8) is 0 Å². The molecule has 1 saturated carbocycles. The predicted octanol–water partition coefficient (Wildman–Crippen LogP) is -7.27. The van der Waals surface area contributed by atoms with Gasteiger partial charge in [-0.15, -0.1) is 0 Å². The Labute approximate surface area is 206 Å². The maximum absolute atomic E-state index is 10.7. The lowest BCUT2D eigenvalue weighted by Gasteiger charge is -2.46. The fourth-order valence-electron chi connectivity index (χ4n) is 5.23. The van der Waals surface area contributed by atoms with E-state index in [1.165, 1.54) is 0 Å². The minimum atomic E-state index is -2.48. The number of likely N-dealkylation sites (N-methyl/N-ethyl adjacent to an activating group) is 1. The molecule has 16 atom stereocenters. The molecule has 1 spiro atoms.